The maximum absolute atomic E-state index is 13.7. The number of carboxylic acid groups (broad SMARTS) is 1. The number of para-hydroxylation sites is 1. The van der Waals surface area contributed by atoms with E-state index in [4.69, 9.17) is 4.74 Å². The third-order valence-electron chi connectivity index (χ3n) is 5.62. The number of ether oxygens (including phenoxy) is 1. The van der Waals surface area contributed by atoms with E-state index in [0.717, 1.165) is 11.1 Å². The van der Waals surface area contributed by atoms with Gasteiger partial charge in [-0.2, -0.15) is 4.79 Å². The van der Waals surface area contributed by atoms with E-state index < -0.39 is 34.7 Å². The lowest BCUT2D eigenvalue weighted by molar-refractivity contribution is -0.132. The first kappa shape index (κ1) is 21.5. The van der Waals surface area contributed by atoms with Gasteiger partial charge < -0.3 is 15.2 Å². The molecule has 0 fully saturated rings. The molecule has 158 valence electrons. The molecule has 1 heterocycles. The summed E-state index contributed by atoms with van der Waals surface area (Å²) in [6.45, 7) is 5.34. The Labute approximate surface area is 175 Å². The number of carbonyl (C=O) groups is 3. The number of hydrogen-bond donors (Lipinski definition) is 2. The molecule has 7 heteroatoms. The average molecular weight is 411 g/mol. The smallest absolute Gasteiger partial charge is 0.445 e. The highest BCUT2D eigenvalue weighted by Crippen LogP contribution is 2.40. The fourth-order valence-corrected chi connectivity index (χ4v) is 4.07. The van der Waals surface area contributed by atoms with Gasteiger partial charge in [0.15, 0.2) is 11.7 Å². The summed E-state index contributed by atoms with van der Waals surface area (Å²) in [6.07, 6.45) is -1.53. The molecule has 3 amide bonds. The zero-order valence-electron chi connectivity index (χ0n) is 17.4. The Morgan fingerprint density at radius 1 is 1.10 bits per heavy atom. The third-order valence-corrected chi connectivity index (χ3v) is 5.62. The minimum absolute atomic E-state index is 0.0594. The topological polar surface area (TPSA) is 92.7 Å². The second-order valence-electron chi connectivity index (χ2n) is 7.95. The Morgan fingerprint density at radius 3 is 2.37 bits per heavy atom. The van der Waals surface area contributed by atoms with Gasteiger partial charge in [-0.15, -0.1) is 4.48 Å². The summed E-state index contributed by atoms with van der Waals surface area (Å²) in [7, 11) is 0. The van der Waals surface area contributed by atoms with Gasteiger partial charge in [-0.25, -0.2) is 9.59 Å². The molecule has 30 heavy (non-hydrogen) atoms. The van der Waals surface area contributed by atoms with E-state index in [1.807, 2.05) is 42.5 Å². The quantitative estimate of drug-likeness (QED) is 0.723. The summed E-state index contributed by atoms with van der Waals surface area (Å²) in [5.74, 6) is -0.900. The summed E-state index contributed by atoms with van der Waals surface area (Å²) >= 11 is 0. The lowest BCUT2D eigenvalue weighted by Crippen LogP contribution is -2.67. The number of rotatable bonds is 5. The van der Waals surface area contributed by atoms with E-state index >= 15 is 0 Å². The predicted molar refractivity (Wildman–Crippen MR) is 113 cm³/mol. The van der Waals surface area contributed by atoms with Gasteiger partial charge in [0.25, 0.3) is 0 Å². The molecule has 0 bridgehead atoms. The van der Waals surface area contributed by atoms with Gasteiger partial charge in [0.1, 0.15) is 12.6 Å². The first-order valence-corrected chi connectivity index (χ1v) is 10.0. The number of fused-ring (bicyclic) bond motifs is 1. The maximum atomic E-state index is 13.7. The van der Waals surface area contributed by atoms with Gasteiger partial charge in [0.05, 0.1) is 0 Å². The van der Waals surface area contributed by atoms with Gasteiger partial charge in [-0.05, 0) is 18.4 Å². The molecule has 0 spiro atoms. The number of alkyl carbamates (subject to hydrolysis) is 1. The van der Waals surface area contributed by atoms with Crippen LogP contribution >= 0.6 is 0 Å². The van der Waals surface area contributed by atoms with Crippen molar-refractivity contribution in [2.45, 2.75) is 45.9 Å². The number of hydrogen-bond acceptors (Lipinski definition) is 4. The molecule has 2 N–H and O–H groups in total. The first-order chi connectivity index (χ1) is 14.3. The van der Waals surface area contributed by atoms with E-state index in [2.05, 4.69) is 5.32 Å². The number of carbonyl (C=O) groups excluding carboxylic acids is 2. The van der Waals surface area contributed by atoms with Crippen molar-refractivity contribution >= 4 is 23.8 Å². The van der Waals surface area contributed by atoms with E-state index in [-0.39, 0.29) is 12.5 Å². The number of amides is 3. The van der Waals surface area contributed by atoms with Crippen molar-refractivity contribution in [3.05, 3.63) is 65.7 Å². The highest BCUT2D eigenvalue weighted by atomic mass is 16.5. The Balaban J connectivity index is 1.85. The van der Waals surface area contributed by atoms with Crippen molar-refractivity contribution in [2.24, 2.45) is 5.92 Å². The molecule has 3 rings (SSSR count). The molecule has 1 unspecified atom stereocenters. The zero-order chi connectivity index (χ0) is 21.9. The van der Waals surface area contributed by atoms with Gasteiger partial charge in [-0.1, -0.05) is 62.4 Å². The van der Waals surface area contributed by atoms with Crippen LogP contribution in [0, 0.1) is 5.92 Å². The number of imide groups is 1. The Kier molecular flexibility index (Phi) is 6.22. The molecule has 0 aromatic heterocycles. The van der Waals surface area contributed by atoms with E-state index in [9.17, 15) is 19.5 Å². The molecule has 0 saturated heterocycles. The summed E-state index contributed by atoms with van der Waals surface area (Å²) in [5.41, 5.74) is 2.10. The molecule has 0 saturated carbocycles. The molecule has 1 aliphatic heterocycles. The molecule has 2 aromatic carbocycles. The lowest BCUT2D eigenvalue weighted by Gasteiger charge is -2.34. The van der Waals surface area contributed by atoms with Gasteiger partial charge in [-0.3, -0.25) is 0 Å². The molecule has 1 aliphatic rings. The Bertz CT molecular complexity index is 944. The first-order valence-electron chi connectivity index (χ1n) is 10.0. The highest BCUT2D eigenvalue weighted by molar-refractivity contribution is 6.10. The minimum atomic E-state index is -1.25. The average Bonchev–Trinajstić information content (AvgIpc) is 3.03. The zero-order valence-corrected chi connectivity index (χ0v) is 17.4. The van der Waals surface area contributed by atoms with E-state index in [1.54, 1.807) is 32.9 Å². The minimum Gasteiger partial charge on any atom is -0.445 e. The molecule has 0 aliphatic carbocycles. The second kappa shape index (κ2) is 8.67. The molecular formula is C23H27N2O5+. The van der Waals surface area contributed by atoms with E-state index in [0.29, 0.717) is 12.1 Å². The predicted octanol–water partition coefficient (Wildman–Crippen LogP) is 4.09. The molecule has 3 atom stereocenters. The number of nitrogens with one attached hydrogen (secondary N) is 1. The fourth-order valence-electron chi connectivity index (χ4n) is 4.07. The molecule has 0 radical (unpaired) electrons. The third kappa shape index (κ3) is 3.80. The van der Waals surface area contributed by atoms with Crippen LogP contribution in [0.5, 0.6) is 0 Å². The maximum Gasteiger partial charge on any atom is 0.526 e. The van der Waals surface area contributed by atoms with Gasteiger partial charge in [0, 0.05) is 18.1 Å². The van der Waals surface area contributed by atoms with Crippen molar-refractivity contribution in [1.82, 2.24) is 9.80 Å². The Morgan fingerprint density at radius 2 is 1.73 bits per heavy atom. The van der Waals surface area contributed by atoms with Crippen molar-refractivity contribution in [3.63, 3.8) is 0 Å². The highest BCUT2D eigenvalue weighted by Gasteiger charge is 2.59. The second-order valence-corrected chi connectivity index (χ2v) is 7.95. The van der Waals surface area contributed by atoms with Crippen LogP contribution in [0.25, 0.3) is 0 Å². The standard InChI is InChI=1S/C23H26N2O5/c1-15(2)20(24-22(27)30-14-17-9-5-4-6-10-17)21(26)25(23(28)29)16(3)13-18-11-7-8-12-19(18)25/h4-12,15-16,20H,13-14H2,1-3H3,(H-,24,27,28,29)/p+1/t16?,20-,25+/m0/s1. The van der Waals surface area contributed by atoms with Crippen LogP contribution in [0.15, 0.2) is 54.6 Å². The summed E-state index contributed by atoms with van der Waals surface area (Å²) in [6, 6.07) is 14.8. The molecule has 2 aromatic rings. The van der Waals surface area contributed by atoms with Crippen molar-refractivity contribution < 1.29 is 24.2 Å². The molecular weight excluding hydrogens is 384 g/mol. The summed E-state index contributed by atoms with van der Waals surface area (Å²) < 4.78 is 4.42. The summed E-state index contributed by atoms with van der Waals surface area (Å²) in [5, 5.41) is 12.8. The number of nitrogens with zero attached hydrogens (tertiary/aromatic N) is 1. The summed E-state index contributed by atoms with van der Waals surface area (Å²) in [4.78, 5) is 38.5. The van der Waals surface area contributed by atoms with Crippen LogP contribution in [-0.4, -0.2) is 35.3 Å². The SMILES string of the molecule is CC(C)[C@H](NC(=O)OCc1ccccc1)C(=O)[N@+]1(C(=O)O)c2ccccc2CC1C. The van der Waals surface area contributed by atoms with Crippen LogP contribution in [-0.2, 0) is 22.6 Å². The largest absolute Gasteiger partial charge is 0.526 e. The van der Waals surface area contributed by atoms with Crippen LogP contribution in [0.3, 0.4) is 0 Å². The number of benzene rings is 2. The monoisotopic (exact) mass is 411 g/mol. The van der Waals surface area contributed by atoms with Crippen LogP contribution in [0.2, 0.25) is 0 Å². The fraction of sp³-hybridized carbons (Fsp3) is 0.348. The van der Waals surface area contributed by atoms with Crippen LogP contribution in [0.1, 0.15) is 31.9 Å². The van der Waals surface area contributed by atoms with Gasteiger partial charge in [0.2, 0.25) is 0 Å². The van der Waals surface area contributed by atoms with Crippen molar-refractivity contribution in [1.29, 1.82) is 0 Å². The number of quaternary nitrogens is 1. The normalized spacial score (nSPS) is 21.0. The van der Waals surface area contributed by atoms with E-state index in [1.165, 1.54) is 0 Å². The Hall–Kier alpha value is -3.19. The van der Waals surface area contributed by atoms with Crippen LogP contribution < -0.4 is 9.80 Å². The van der Waals surface area contributed by atoms with Gasteiger partial charge >= 0.3 is 18.1 Å². The van der Waals surface area contributed by atoms with Crippen molar-refractivity contribution in [3.8, 4) is 0 Å². The van der Waals surface area contributed by atoms with Crippen molar-refractivity contribution in [2.75, 3.05) is 0 Å². The molecule has 7 nitrogen and oxygen atoms in total. The van der Waals surface area contributed by atoms with Crippen LogP contribution in [0.4, 0.5) is 15.3 Å². The lowest BCUT2D eigenvalue weighted by atomic mass is 10.0.